The maximum atomic E-state index is 12.5. The zero-order chi connectivity index (χ0) is 18.5. The van der Waals surface area contributed by atoms with Gasteiger partial charge >= 0.3 is 0 Å². The van der Waals surface area contributed by atoms with Gasteiger partial charge in [0.2, 0.25) is 0 Å². The van der Waals surface area contributed by atoms with E-state index in [-0.39, 0.29) is 30.0 Å². The topological polar surface area (TPSA) is 66.8 Å². The summed E-state index contributed by atoms with van der Waals surface area (Å²) in [6.45, 7) is 1.09. The van der Waals surface area contributed by atoms with Gasteiger partial charge in [0.25, 0.3) is 5.91 Å². The molecule has 1 heterocycles. The number of hydrogen-bond donors (Lipinski definition) is 1. The fourth-order valence-corrected chi connectivity index (χ4v) is 3.42. The molecule has 0 radical (unpaired) electrons. The number of benzene rings is 2. The fraction of sp³-hybridized carbons (Fsp3) is 0.300. The second kappa shape index (κ2) is 8.36. The number of hydrogen-bond acceptors (Lipinski definition) is 4. The molecule has 1 aliphatic rings. The van der Waals surface area contributed by atoms with Gasteiger partial charge in [-0.25, -0.2) is 0 Å². The molecule has 136 valence electrons. The van der Waals surface area contributed by atoms with E-state index in [1.165, 1.54) is 12.1 Å². The highest BCUT2D eigenvalue weighted by atomic mass is 79.9. The first kappa shape index (κ1) is 18.5. The number of ketones is 1. The van der Waals surface area contributed by atoms with Crippen LogP contribution in [0.5, 0.6) is 11.5 Å². The van der Waals surface area contributed by atoms with Crippen LogP contribution in [0.1, 0.15) is 23.2 Å². The molecule has 0 aromatic heterocycles. The maximum Gasteiger partial charge on any atom is 0.260 e. The minimum atomic E-state index is -0.0883. The van der Waals surface area contributed by atoms with Crippen LogP contribution in [-0.4, -0.2) is 41.4 Å². The summed E-state index contributed by atoms with van der Waals surface area (Å²) < 4.78 is 6.44. The van der Waals surface area contributed by atoms with Crippen LogP contribution in [0.4, 0.5) is 0 Å². The Balaban J connectivity index is 1.49. The highest BCUT2D eigenvalue weighted by Crippen LogP contribution is 2.23. The van der Waals surface area contributed by atoms with Gasteiger partial charge in [-0.15, -0.1) is 0 Å². The zero-order valence-corrected chi connectivity index (χ0v) is 15.8. The monoisotopic (exact) mass is 417 g/mol. The van der Waals surface area contributed by atoms with Crippen molar-refractivity contribution in [1.29, 1.82) is 0 Å². The molecule has 5 nitrogen and oxygen atoms in total. The van der Waals surface area contributed by atoms with Crippen LogP contribution in [0, 0.1) is 5.92 Å². The number of rotatable bonds is 5. The van der Waals surface area contributed by atoms with Crippen LogP contribution in [0.3, 0.4) is 0 Å². The number of piperidine rings is 1. The minimum absolute atomic E-state index is 0.00692. The molecule has 0 bridgehead atoms. The number of halogens is 1. The zero-order valence-electron chi connectivity index (χ0n) is 14.2. The molecule has 1 aliphatic heterocycles. The number of ether oxygens (including phenoxy) is 1. The van der Waals surface area contributed by atoms with E-state index in [2.05, 4.69) is 15.9 Å². The molecule has 0 spiro atoms. The van der Waals surface area contributed by atoms with Crippen LogP contribution < -0.4 is 4.74 Å². The van der Waals surface area contributed by atoms with Gasteiger partial charge in [0.05, 0.1) is 0 Å². The molecule has 1 saturated heterocycles. The summed E-state index contributed by atoms with van der Waals surface area (Å²) >= 11 is 3.37. The summed E-state index contributed by atoms with van der Waals surface area (Å²) in [6, 6.07) is 13.7. The van der Waals surface area contributed by atoms with Gasteiger partial charge in [0.15, 0.2) is 12.4 Å². The Kier molecular flexibility index (Phi) is 5.93. The van der Waals surface area contributed by atoms with Gasteiger partial charge in [-0.3, -0.25) is 9.59 Å². The van der Waals surface area contributed by atoms with E-state index in [1.54, 1.807) is 23.1 Å². The highest BCUT2D eigenvalue weighted by molar-refractivity contribution is 9.10. The summed E-state index contributed by atoms with van der Waals surface area (Å²) in [5.41, 5.74) is 0.602. The lowest BCUT2D eigenvalue weighted by molar-refractivity contribution is -0.134. The third-order valence-electron chi connectivity index (χ3n) is 4.53. The molecule has 26 heavy (non-hydrogen) atoms. The van der Waals surface area contributed by atoms with Crippen molar-refractivity contribution in [3.05, 3.63) is 58.6 Å². The van der Waals surface area contributed by atoms with Gasteiger partial charge in [0, 0.05) is 29.0 Å². The number of amides is 1. The minimum Gasteiger partial charge on any atom is -0.508 e. The van der Waals surface area contributed by atoms with Crippen molar-refractivity contribution in [3.8, 4) is 11.5 Å². The molecule has 1 N–H and O–H groups in total. The number of nitrogens with zero attached hydrogens (tertiary/aromatic N) is 1. The first-order valence-electron chi connectivity index (χ1n) is 8.52. The highest BCUT2D eigenvalue weighted by Gasteiger charge is 2.28. The Morgan fingerprint density at radius 1 is 1.12 bits per heavy atom. The number of Topliss-reactive ketones (excluding diaryl/α,β-unsaturated/α-hetero) is 1. The average molecular weight is 418 g/mol. The van der Waals surface area contributed by atoms with E-state index in [4.69, 9.17) is 4.74 Å². The Morgan fingerprint density at radius 2 is 1.81 bits per heavy atom. The molecule has 6 heteroatoms. The Morgan fingerprint density at radius 3 is 2.46 bits per heavy atom. The summed E-state index contributed by atoms with van der Waals surface area (Å²) in [7, 11) is 0. The lowest BCUT2D eigenvalue weighted by Gasteiger charge is -2.31. The fourth-order valence-electron chi connectivity index (χ4n) is 3.05. The van der Waals surface area contributed by atoms with Crippen molar-refractivity contribution in [2.24, 2.45) is 5.92 Å². The van der Waals surface area contributed by atoms with E-state index >= 15 is 0 Å². The first-order valence-corrected chi connectivity index (χ1v) is 9.31. The predicted molar refractivity (Wildman–Crippen MR) is 101 cm³/mol. The van der Waals surface area contributed by atoms with Gasteiger partial charge in [-0.2, -0.15) is 0 Å². The molecule has 0 unspecified atom stereocenters. The lowest BCUT2D eigenvalue weighted by atomic mass is 9.89. The Bertz CT molecular complexity index is 783. The smallest absolute Gasteiger partial charge is 0.260 e. The van der Waals surface area contributed by atoms with Gasteiger partial charge < -0.3 is 14.7 Å². The van der Waals surface area contributed by atoms with E-state index in [0.717, 1.165) is 4.47 Å². The van der Waals surface area contributed by atoms with Crippen molar-refractivity contribution in [2.75, 3.05) is 19.7 Å². The van der Waals surface area contributed by atoms with E-state index in [9.17, 15) is 14.7 Å². The van der Waals surface area contributed by atoms with Crippen molar-refractivity contribution < 1.29 is 19.4 Å². The predicted octanol–water partition coefficient (Wildman–Crippen LogP) is 3.66. The number of phenolic OH excluding ortho intramolecular Hbond substituents is 1. The third kappa shape index (κ3) is 4.64. The number of phenols is 1. The van der Waals surface area contributed by atoms with Crippen LogP contribution in [-0.2, 0) is 4.79 Å². The standard InChI is InChI=1S/C20H20BrNO4/c21-16-2-1-3-18(12-16)26-13-19(24)22-10-8-15(9-11-22)20(25)14-4-6-17(23)7-5-14/h1-7,12,15,23H,8-11,13H2. The lowest BCUT2D eigenvalue weighted by Crippen LogP contribution is -2.42. The SMILES string of the molecule is O=C(c1ccc(O)cc1)C1CCN(C(=O)COc2cccc(Br)c2)CC1. The molecule has 0 saturated carbocycles. The van der Waals surface area contributed by atoms with Gasteiger partial charge in [-0.1, -0.05) is 22.0 Å². The average Bonchev–Trinajstić information content (AvgIpc) is 2.66. The quantitative estimate of drug-likeness (QED) is 0.753. The number of carbonyl (C=O) groups excluding carboxylic acids is 2. The van der Waals surface area contributed by atoms with Crippen molar-refractivity contribution in [1.82, 2.24) is 4.90 Å². The molecule has 1 amide bonds. The third-order valence-corrected chi connectivity index (χ3v) is 5.02. The molecule has 0 atom stereocenters. The molecule has 0 aliphatic carbocycles. The molecule has 3 rings (SSSR count). The van der Waals surface area contributed by atoms with Crippen LogP contribution in [0.2, 0.25) is 0 Å². The van der Waals surface area contributed by atoms with E-state index < -0.39 is 0 Å². The normalized spacial score (nSPS) is 14.9. The summed E-state index contributed by atoms with van der Waals surface area (Å²) in [6.07, 6.45) is 1.28. The maximum absolute atomic E-state index is 12.5. The summed E-state index contributed by atoms with van der Waals surface area (Å²) in [5.74, 6) is 0.704. The van der Waals surface area contributed by atoms with E-state index in [0.29, 0.717) is 37.2 Å². The molecule has 2 aromatic carbocycles. The van der Waals surface area contributed by atoms with Gasteiger partial charge in [0.1, 0.15) is 11.5 Å². The van der Waals surface area contributed by atoms with Crippen LogP contribution in [0.25, 0.3) is 0 Å². The molecule has 1 fully saturated rings. The second-order valence-corrected chi connectivity index (χ2v) is 7.23. The number of aromatic hydroxyl groups is 1. The van der Waals surface area contributed by atoms with Crippen LogP contribution >= 0.6 is 15.9 Å². The van der Waals surface area contributed by atoms with Gasteiger partial charge in [-0.05, 0) is 55.3 Å². The van der Waals surface area contributed by atoms with Crippen molar-refractivity contribution in [2.45, 2.75) is 12.8 Å². The second-order valence-electron chi connectivity index (χ2n) is 6.31. The number of likely N-dealkylation sites (tertiary alicyclic amines) is 1. The molecular formula is C20H20BrNO4. The van der Waals surface area contributed by atoms with E-state index in [1.807, 2.05) is 18.2 Å². The molecule has 2 aromatic rings. The first-order chi connectivity index (χ1) is 12.5. The summed E-state index contributed by atoms with van der Waals surface area (Å²) in [5, 5.41) is 9.32. The van der Waals surface area contributed by atoms with Crippen molar-refractivity contribution in [3.63, 3.8) is 0 Å². The molecular weight excluding hydrogens is 398 g/mol. The Hall–Kier alpha value is -2.34. The van der Waals surface area contributed by atoms with Crippen LogP contribution in [0.15, 0.2) is 53.0 Å². The number of carbonyl (C=O) groups is 2. The Labute approximate surface area is 160 Å². The summed E-state index contributed by atoms with van der Waals surface area (Å²) in [4.78, 5) is 26.6. The largest absolute Gasteiger partial charge is 0.508 e. The van der Waals surface area contributed by atoms with Crippen molar-refractivity contribution >= 4 is 27.6 Å².